The van der Waals surface area contributed by atoms with E-state index in [0.29, 0.717) is 35.9 Å². The number of quaternary nitrogens is 1. The lowest BCUT2D eigenvalue weighted by Gasteiger charge is -2.68. The molecule has 5 bridgehead atoms. The van der Waals surface area contributed by atoms with Gasteiger partial charge in [-0.1, -0.05) is 38.5 Å². The highest BCUT2D eigenvalue weighted by Crippen LogP contribution is 2.71. The van der Waals surface area contributed by atoms with Crippen LogP contribution >= 0.6 is 0 Å². The molecule has 5 heterocycles. The Bertz CT molecular complexity index is 814. The summed E-state index contributed by atoms with van der Waals surface area (Å²) in [6.45, 7) is 5.59. The first kappa shape index (κ1) is 17.7. The van der Waals surface area contributed by atoms with Crippen molar-refractivity contribution in [1.29, 1.82) is 0 Å². The highest BCUT2D eigenvalue weighted by Gasteiger charge is 2.82. The molecular formula is C24H35N2O2+. The number of unbranched alkanes of at least 4 members (excludes halogenated alkanes) is 1. The van der Waals surface area contributed by atoms with Crippen LogP contribution in [0.5, 0.6) is 0 Å². The quantitative estimate of drug-likeness (QED) is 0.786. The summed E-state index contributed by atoms with van der Waals surface area (Å²) in [5.41, 5.74) is 2.56. The number of piperidine rings is 4. The Hall–Kier alpha value is -1.10. The lowest BCUT2D eigenvalue weighted by Crippen LogP contribution is -2.83. The number of hydrogen-bond acceptors (Lipinski definition) is 3. The second-order valence-electron chi connectivity index (χ2n) is 10.4. The van der Waals surface area contributed by atoms with Crippen LogP contribution in [0.15, 0.2) is 24.3 Å². The van der Waals surface area contributed by atoms with Gasteiger partial charge in [0.2, 0.25) is 0 Å². The van der Waals surface area contributed by atoms with Crippen LogP contribution in [-0.2, 0) is 5.41 Å². The average Bonchev–Trinajstić information content (AvgIpc) is 3.09. The Kier molecular flexibility index (Phi) is 3.50. The van der Waals surface area contributed by atoms with Gasteiger partial charge in [-0.25, -0.2) is 0 Å². The third-order valence-corrected chi connectivity index (χ3v) is 10.0. The summed E-state index contributed by atoms with van der Waals surface area (Å²) in [5.74, 6) is 1.18. The maximum atomic E-state index is 12.0. The van der Waals surface area contributed by atoms with E-state index >= 15 is 0 Å². The Morgan fingerprint density at radius 3 is 2.71 bits per heavy atom. The number of aliphatic hydroxyl groups is 2. The molecule has 4 nitrogen and oxygen atoms in total. The monoisotopic (exact) mass is 383 g/mol. The molecule has 2 N–H and O–H groups in total. The van der Waals surface area contributed by atoms with Crippen LogP contribution in [0.2, 0.25) is 0 Å². The van der Waals surface area contributed by atoms with Gasteiger partial charge >= 0.3 is 0 Å². The molecule has 1 aromatic rings. The van der Waals surface area contributed by atoms with Crippen molar-refractivity contribution in [2.75, 3.05) is 18.5 Å². The van der Waals surface area contributed by atoms with E-state index in [9.17, 15) is 10.2 Å². The molecule has 10 atom stereocenters. The van der Waals surface area contributed by atoms with Crippen LogP contribution in [0, 0.1) is 17.8 Å². The molecule has 5 aliphatic heterocycles. The van der Waals surface area contributed by atoms with E-state index in [1.165, 1.54) is 30.5 Å². The average molecular weight is 384 g/mol. The van der Waals surface area contributed by atoms with Crippen LogP contribution in [0.1, 0.15) is 51.5 Å². The van der Waals surface area contributed by atoms with E-state index in [2.05, 4.69) is 50.1 Å². The third kappa shape index (κ3) is 1.61. The number of aliphatic hydroxyl groups excluding tert-OH is 2. The summed E-state index contributed by atoms with van der Waals surface area (Å²) in [6.07, 6.45) is 5.09. The molecule has 0 aromatic heterocycles. The largest absolute Gasteiger partial charge is 0.392 e. The molecule has 1 saturated carbocycles. The number of anilines is 1. The van der Waals surface area contributed by atoms with Crippen molar-refractivity contribution in [1.82, 2.24) is 0 Å². The van der Waals surface area contributed by atoms with Gasteiger partial charge in [-0.05, 0) is 30.4 Å². The van der Waals surface area contributed by atoms with Crippen molar-refractivity contribution in [3.63, 3.8) is 0 Å². The minimum atomic E-state index is -0.272. The normalized spacial score (nSPS) is 52.2. The minimum Gasteiger partial charge on any atom is -0.392 e. The zero-order valence-corrected chi connectivity index (χ0v) is 17.5. The molecule has 5 fully saturated rings. The van der Waals surface area contributed by atoms with Gasteiger partial charge in [-0.15, -0.1) is 0 Å². The number of likely N-dealkylation sites (N-methyl/N-ethyl adjacent to an activating group) is 1. The van der Waals surface area contributed by atoms with E-state index in [0.717, 1.165) is 23.9 Å². The van der Waals surface area contributed by atoms with Gasteiger partial charge in [-0.3, -0.25) is 4.48 Å². The van der Waals surface area contributed by atoms with Gasteiger partial charge in [0, 0.05) is 37.4 Å². The first-order chi connectivity index (χ1) is 13.5. The van der Waals surface area contributed by atoms with E-state index < -0.39 is 0 Å². The molecule has 6 aliphatic rings. The summed E-state index contributed by atoms with van der Waals surface area (Å²) in [7, 11) is 2.24. The van der Waals surface area contributed by atoms with Crippen LogP contribution in [0.3, 0.4) is 0 Å². The summed E-state index contributed by atoms with van der Waals surface area (Å²) >= 11 is 0. The Balaban J connectivity index is 1.59. The zero-order valence-electron chi connectivity index (χ0n) is 17.5. The summed E-state index contributed by atoms with van der Waals surface area (Å²) in [5, 5.41) is 23.7. The van der Waals surface area contributed by atoms with Gasteiger partial charge in [0.15, 0.2) is 6.23 Å². The lowest BCUT2D eigenvalue weighted by molar-refractivity contribution is -1.04. The predicted molar refractivity (Wildman–Crippen MR) is 110 cm³/mol. The van der Waals surface area contributed by atoms with Gasteiger partial charge < -0.3 is 15.1 Å². The molecule has 0 radical (unpaired) electrons. The lowest BCUT2D eigenvalue weighted by atomic mass is 9.60. The highest BCUT2D eigenvalue weighted by atomic mass is 16.3. The molecule has 28 heavy (non-hydrogen) atoms. The maximum Gasteiger partial charge on any atom is 0.194 e. The van der Waals surface area contributed by atoms with Crippen LogP contribution in [0.25, 0.3) is 0 Å². The SMILES string of the molecule is CCCC[N+]12C3C[C@H](C4[C@H](O)[C@]5(C[C@@H]41)c1ccccc1N(C)[C@@H]35)[C@H](CC)[C@H]2O. The van der Waals surface area contributed by atoms with Crippen LogP contribution in [-0.4, -0.2) is 58.7 Å². The zero-order chi connectivity index (χ0) is 19.4. The van der Waals surface area contributed by atoms with Crippen molar-refractivity contribution < 1.29 is 14.7 Å². The third-order valence-electron chi connectivity index (χ3n) is 10.0. The molecule has 4 saturated heterocycles. The van der Waals surface area contributed by atoms with Crippen LogP contribution < -0.4 is 4.90 Å². The van der Waals surface area contributed by atoms with Crippen molar-refractivity contribution in [2.24, 2.45) is 17.8 Å². The number of fused-ring (bicyclic) bond motifs is 2. The first-order valence-corrected chi connectivity index (χ1v) is 11.6. The fourth-order valence-electron chi connectivity index (χ4n) is 9.27. The standard InChI is InChI=1S/C24H35N2O2/c1-4-6-11-26-18-12-15(14(5-2)23(26)28)20-19(26)13-24(22(20)27)16-9-7-8-10-17(16)25(3)21(18)24/h7-10,14-15,18-23,27-28H,4-6,11-13H2,1-3H3/q+1/t14-,15-,18?,19-,20?,21-,22-,23+,24+,26?/m0/s1. The molecule has 152 valence electrons. The number of benzene rings is 1. The molecule has 1 aromatic carbocycles. The number of nitrogens with zero attached hydrogens (tertiary/aromatic N) is 2. The molecule has 0 amide bonds. The summed E-state index contributed by atoms with van der Waals surface area (Å²) < 4.78 is 0.884. The Morgan fingerprint density at radius 1 is 1.18 bits per heavy atom. The Morgan fingerprint density at radius 2 is 1.96 bits per heavy atom. The minimum absolute atomic E-state index is 0.129. The molecule has 3 unspecified atom stereocenters. The van der Waals surface area contributed by atoms with Crippen molar-refractivity contribution in [2.45, 2.75) is 81.8 Å². The van der Waals surface area contributed by atoms with Crippen LogP contribution in [0.4, 0.5) is 5.69 Å². The summed E-state index contributed by atoms with van der Waals surface area (Å²) in [4.78, 5) is 2.49. The van der Waals surface area contributed by atoms with Gasteiger partial charge in [-0.2, -0.15) is 0 Å². The molecule has 4 heteroatoms. The van der Waals surface area contributed by atoms with E-state index in [1.807, 2.05) is 0 Å². The number of hydrogen-bond donors (Lipinski definition) is 2. The summed E-state index contributed by atoms with van der Waals surface area (Å²) in [6, 6.07) is 10.00. The molecular weight excluding hydrogens is 348 g/mol. The first-order valence-electron chi connectivity index (χ1n) is 11.6. The molecule has 7 rings (SSSR count). The van der Waals surface area contributed by atoms with E-state index in [1.54, 1.807) is 0 Å². The fourth-order valence-corrected chi connectivity index (χ4v) is 9.27. The topological polar surface area (TPSA) is 43.7 Å². The van der Waals surface area contributed by atoms with Gasteiger partial charge in [0.1, 0.15) is 6.04 Å². The predicted octanol–water partition coefficient (Wildman–Crippen LogP) is 2.87. The molecule has 1 aliphatic carbocycles. The van der Waals surface area contributed by atoms with Crippen molar-refractivity contribution in [3.8, 4) is 0 Å². The van der Waals surface area contributed by atoms with Gasteiger partial charge in [0.05, 0.1) is 30.1 Å². The highest BCUT2D eigenvalue weighted by molar-refractivity contribution is 5.66. The Labute approximate surface area is 168 Å². The van der Waals surface area contributed by atoms with Crippen molar-refractivity contribution in [3.05, 3.63) is 29.8 Å². The fraction of sp³-hybridized carbons (Fsp3) is 0.750. The second-order valence-corrected chi connectivity index (χ2v) is 10.4. The number of para-hydroxylation sites is 1. The van der Waals surface area contributed by atoms with Crippen molar-refractivity contribution >= 4 is 5.69 Å². The molecule has 1 spiro atoms. The smallest absolute Gasteiger partial charge is 0.194 e. The van der Waals surface area contributed by atoms with Gasteiger partial charge in [0.25, 0.3) is 0 Å². The number of rotatable bonds is 4. The van der Waals surface area contributed by atoms with E-state index in [4.69, 9.17) is 0 Å². The second kappa shape index (κ2) is 5.53. The van der Waals surface area contributed by atoms with E-state index in [-0.39, 0.29) is 17.7 Å². The maximum absolute atomic E-state index is 12.0.